The minimum atomic E-state index is -0.460. The van der Waals surface area contributed by atoms with Crippen LogP contribution in [0.25, 0.3) is 0 Å². The molecule has 1 aromatic rings. The lowest BCUT2D eigenvalue weighted by atomic mass is 10.0. The van der Waals surface area contributed by atoms with E-state index in [-0.39, 0.29) is 36.1 Å². The summed E-state index contributed by atoms with van der Waals surface area (Å²) in [5.41, 5.74) is 0.743. The van der Waals surface area contributed by atoms with E-state index in [2.05, 4.69) is 28.2 Å². The molecule has 2 fully saturated rings. The van der Waals surface area contributed by atoms with Gasteiger partial charge >= 0.3 is 6.09 Å². The average molecular weight is 558 g/mol. The molecule has 1 saturated heterocycles. The number of aromatic nitrogens is 1. The quantitative estimate of drug-likeness (QED) is 0.307. The predicted molar refractivity (Wildman–Crippen MR) is 140 cm³/mol. The van der Waals surface area contributed by atoms with Crippen molar-refractivity contribution in [2.45, 2.75) is 71.4 Å². The summed E-state index contributed by atoms with van der Waals surface area (Å²) < 4.78 is 5.72. The molecule has 1 amide bonds. The number of piperidine rings is 1. The fraction of sp³-hybridized carbons (Fsp3) is 0.708. The molecule has 1 aliphatic heterocycles. The van der Waals surface area contributed by atoms with Gasteiger partial charge in [-0.25, -0.2) is 4.79 Å². The fourth-order valence-corrected chi connectivity index (χ4v) is 3.92. The number of aliphatic imine (C=N–C) groups is 1. The van der Waals surface area contributed by atoms with Crippen molar-refractivity contribution in [1.82, 2.24) is 20.1 Å². The van der Waals surface area contributed by atoms with Gasteiger partial charge in [-0.1, -0.05) is 6.07 Å². The summed E-state index contributed by atoms with van der Waals surface area (Å²) in [6.07, 6.45) is 8.77. The van der Waals surface area contributed by atoms with E-state index in [4.69, 9.17) is 9.73 Å². The normalized spacial score (nSPS) is 17.5. The third-order valence-electron chi connectivity index (χ3n) is 5.70. The SMILES string of the molecule is CCNC(=NCCc1cccnc1)N1CCC(N(CC2CC2)C(=O)OC(C)(C)C)CC1.I. The molecule has 2 heterocycles. The van der Waals surface area contributed by atoms with Crippen molar-refractivity contribution in [2.24, 2.45) is 10.9 Å². The van der Waals surface area contributed by atoms with Gasteiger partial charge in [-0.3, -0.25) is 9.98 Å². The van der Waals surface area contributed by atoms with Gasteiger partial charge in [0.1, 0.15) is 5.60 Å². The molecule has 7 nitrogen and oxygen atoms in total. The van der Waals surface area contributed by atoms with Crippen LogP contribution in [0, 0.1) is 5.92 Å². The van der Waals surface area contributed by atoms with Crippen LogP contribution in [0.1, 0.15) is 58.9 Å². The number of guanidine groups is 1. The smallest absolute Gasteiger partial charge is 0.410 e. The third kappa shape index (κ3) is 8.75. The molecule has 1 aromatic heterocycles. The van der Waals surface area contributed by atoms with Gasteiger partial charge in [-0.15, -0.1) is 24.0 Å². The van der Waals surface area contributed by atoms with Crippen molar-refractivity contribution < 1.29 is 9.53 Å². The molecule has 1 aliphatic carbocycles. The Morgan fingerprint density at radius 1 is 1.28 bits per heavy atom. The summed E-state index contributed by atoms with van der Waals surface area (Å²) in [6, 6.07) is 4.30. The monoisotopic (exact) mass is 557 g/mol. The summed E-state index contributed by atoms with van der Waals surface area (Å²) in [6.45, 7) is 12.1. The second-order valence-corrected chi connectivity index (χ2v) is 9.64. The van der Waals surface area contributed by atoms with E-state index in [1.165, 1.54) is 18.4 Å². The number of nitrogens with one attached hydrogen (secondary N) is 1. The standard InChI is InChI=1S/C24H39N5O2.HI/c1-5-26-22(27-14-10-19-7-6-13-25-17-19)28-15-11-21(12-16-28)29(18-20-8-9-20)23(30)31-24(2,3)4;/h6-7,13,17,20-21H,5,8-12,14-16,18H2,1-4H3,(H,26,27);1H. The lowest BCUT2D eigenvalue weighted by Crippen LogP contribution is -2.52. The zero-order valence-electron chi connectivity index (χ0n) is 20.0. The zero-order chi connectivity index (χ0) is 22.3. The molecular formula is C24H40IN5O2. The Kier molecular flexibility index (Phi) is 10.5. The van der Waals surface area contributed by atoms with Gasteiger partial charge in [0.2, 0.25) is 0 Å². The van der Waals surface area contributed by atoms with Crippen LogP contribution in [0.15, 0.2) is 29.5 Å². The Morgan fingerprint density at radius 3 is 2.56 bits per heavy atom. The van der Waals surface area contributed by atoms with E-state index in [1.807, 2.05) is 37.9 Å². The van der Waals surface area contributed by atoms with Crippen LogP contribution in [0.3, 0.4) is 0 Å². The lowest BCUT2D eigenvalue weighted by molar-refractivity contribution is 0.00928. The number of carbonyl (C=O) groups is 1. The number of rotatable bonds is 7. The van der Waals surface area contributed by atoms with Crippen LogP contribution in [0.4, 0.5) is 4.79 Å². The van der Waals surface area contributed by atoms with Crippen LogP contribution in [0.5, 0.6) is 0 Å². The summed E-state index contributed by atoms with van der Waals surface area (Å²) >= 11 is 0. The van der Waals surface area contributed by atoms with E-state index in [9.17, 15) is 4.79 Å². The van der Waals surface area contributed by atoms with Crippen molar-refractivity contribution >= 4 is 36.0 Å². The first kappa shape index (κ1) is 26.7. The van der Waals surface area contributed by atoms with Gasteiger partial charge in [0, 0.05) is 51.2 Å². The number of ether oxygens (including phenoxy) is 1. The Bertz CT molecular complexity index is 726. The summed E-state index contributed by atoms with van der Waals surface area (Å²) in [5.74, 6) is 1.62. The van der Waals surface area contributed by atoms with Crippen LogP contribution in [0.2, 0.25) is 0 Å². The number of carbonyl (C=O) groups excluding carboxylic acids is 1. The summed E-state index contributed by atoms with van der Waals surface area (Å²) in [7, 11) is 0. The highest BCUT2D eigenvalue weighted by Gasteiger charge is 2.35. The maximum absolute atomic E-state index is 12.9. The first-order chi connectivity index (χ1) is 14.9. The molecule has 32 heavy (non-hydrogen) atoms. The van der Waals surface area contributed by atoms with Gasteiger partial charge in [-0.2, -0.15) is 0 Å². The predicted octanol–water partition coefficient (Wildman–Crippen LogP) is 4.32. The number of nitrogens with zero attached hydrogens (tertiary/aromatic N) is 4. The maximum atomic E-state index is 12.9. The van der Waals surface area contributed by atoms with Crippen LogP contribution < -0.4 is 5.32 Å². The van der Waals surface area contributed by atoms with E-state index < -0.39 is 5.60 Å². The molecule has 0 radical (unpaired) electrons. The van der Waals surface area contributed by atoms with Crippen LogP contribution in [-0.2, 0) is 11.2 Å². The van der Waals surface area contributed by atoms with Gasteiger partial charge in [0.25, 0.3) is 0 Å². The van der Waals surface area contributed by atoms with E-state index >= 15 is 0 Å². The maximum Gasteiger partial charge on any atom is 0.410 e. The minimum absolute atomic E-state index is 0. The zero-order valence-corrected chi connectivity index (χ0v) is 22.4. The Hall–Kier alpha value is -1.58. The number of amides is 1. The molecule has 2 aliphatic rings. The van der Waals surface area contributed by atoms with Gasteiger partial charge in [0.05, 0.1) is 0 Å². The molecule has 8 heteroatoms. The number of halogens is 1. The molecule has 0 unspecified atom stereocenters. The minimum Gasteiger partial charge on any atom is -0.444 e. The Morgan fingerprint density at radius 2 is 2.00 bits per heavy atom. The topological polar surface area (TPSA) is 70.1 Å². The molecule has 1 saturated carbocycles. The first-order valence-electron chi connectivity index (χ1n) is 11.8. The van der Waals surface area contributed by atoms with Gasteiger partial charge < -0.3 is 19.9 Å². The lowest BCUT2D eigenvalue weighted by Gasteiger charge is -2.40. The molecule has 0 atom stereocenters. The van der Waals surface area contributed by atoms with E-state index in [0.29, 0.717) is 5.92 Å². The van der Waals surface area contributed by atoms with Crippen molar-refractivity contribution in [2.75, 3.05) is 32.7 Å². The summed E-state index contributed by atoms with van der Waals surface area (Å²) in [4.78, 5) is 26.2. The van der Waals surface area contributed by atoms with Crippen molar-refractivity contribution in [1.29, 1.82) is 0 Å². The highest BCUT2D eigenvalue weighted by atomic mass is 127. The van der Waals surface area contributed by atoms with Crippen LogP contribution in [-0.4, -0.2) is 71.2 Å². The molecule has 0 bridgehead atoms. The van der Waals surface area contributed by atoms with Crippen molar-refractivity contribution in [3.8, 4) is 0 Å². The number of hydrogen-bond acceptors (Lipinski definition) is 4. The number of likely N-dealkylation sites (tertiary alicyclic amines) is 1. The average Bonchev–Trinajstić information content (AvgIpc) is 3.55. The fourth-order valence-electron chi connectivity index (χ4n) is 3.92. The van der Waals surface area contributed by atoms with Crippen LogP contribution >= 0.6 is 24.0 Å². The largest absolute Gasteiger partial charge is 0.444 e. The first-order valence-corrected chi connectivity index (χ1v) is 11.8. The van der Waals surface area contributed by atoms with Crippen molar-refractivity contribution in [3.63, 3.8) is 0 Å². The molecule has 0 spiro atoms. The number of pyridine rings is 1. The number of hydrogen-bond donors (Lipinski definition) is 1. The Balaban J connectivity index is 0.00000363. The van der Waals surface area contributed by atoms with E-state index in [1.54, 1.807) is 6.20 Å². The van der Waals surface area contributed by atoms with Gasteiger partial charge in [0.15, 0.2) is 5.96 Å². The second-order valence-electron chi connectivity index (χ2n) is 9.64. The molecule has 180 valence electrons. The molecule has 3 rings (SSSR count). The molecular weight excluding hydrogens is 517 g/mol. The molecule has 1 N–H and O–H groups in total. The van der Waals surface area contributed by atoms with E-state index in [0.717, 1.165) is 57.9 Å². The molecule has 0 aromatic carbocycles. The third-order valence-corrected chi connectivity index (χ3v) is 5.70. The van der Waals surface area contributed by atoms with Gasteiger partial charge in [-0.05, 0) is 77.3 Å². The van der Waals surface area contributed by atoms with Crippen molar-refractivity contribution in [3.05, 3.63) is 30.1 Å². The Labute approximate surface area is 210 Å². The second kappa shape index (κ2) is 12.6. The highest BCUT2D eigenvalue weighted by molar-refractivity contribution is 14.0. The highest BCUT2D eigenvalue weighted by Crippen LogP contribution is 2.32. The summed E-state index contributed by atoms with van der Waals surface area (Å²) in [5, 5.41) is 3.43.